The van der Waals surface area contributed by atoms with E-state index in [4.69, 9.17) is 4.74 Å². The van der Waals surface area contributed by atoms with Gasteiger partial charge in [0.05, 0.1) is 6.61 Å². The summed E-state index contributed by atoms with van der Waals surface area (Å²) in [7, 11) is 1.96. The summed E-state index contributed by atoms with van der Waals surface area (Å²) in [6, 6.07) is 0. The molecular weight excluding hydrogens is 162 g/mol. The van der Waals surface area contributed by atoms with Crippen molar-refractivity contribution in [1.82, 2.24) is 5.32 Å². The molecule has 0 amide bonds. The number of hydrogen-bond acceptors (Lipinski definition) is 2. The first-order valence-electron chi connectivity index (χ1n) is 5.06. The lowest BCUT2D eigenvalue weighted by atomic mass is 9.92. The van der Waals surface area contributed by atoms with Gasteiger partial charge in [0.15, 0.2) is 0 Å². The van der Waals surface area contributed by atoms with Crippen LogP contribution in [0.3, 0.4) is 0 Å². The van der Waals surface area contributed by atoms with Crippen LogP contribution in [-0.2, 0) is 4.74 Å². The van der Waals surface area contributed by atoms with Gasteiger partial charge in [0, 0.05) is 18.6 Å². The Morgan fingerprint density at radius 3 is 2.77 bits per heavy atom. The third-order valence-electron chi connectivity index (χ3n) is 2.56. The molecule has 1 fully saturated rings. The van der Waals surface area contributed by atoms with E-state index in [0.29, 0.717) is 0 Å². The largest absolute Gasteiger partial charge is 0.380 e. The Morgan fingerprint density at radius 1 is 1.62 bits per heavy atom. The van der Waals surface area contributed by atoms with Crippen LogP contribution in [0.5, 0.6) is 0 Å². The van der Waals surface area contributed by atoms with Crippen molar-refractivity contribution in [2.75, 3.05) is 26.8 Å². The molecule has 0 spiro atoms. The minimum Gasteiger partial charge on any atom is -0.380 e. The first kappa shape index (κ1) is 10.7. The molecule has 1 N–H and O–H groups in total. The second-order valence-electron chi connectivity index (χ2n) is 4.35. The molecule has 1 aliphatic rings. The Morgan fingerprint density at radius 2 is 2.31 bits per heavy atom. The first-order chi connectivity index (χ1) is 6.20. The Bertz CT molecular complexity index is 165. The maximum Gasteiger partial charge on any atom is 0.0566 e. The molecule has 0 radical (unpaired) electrons. The van der Waals surface area contributed by atoms with E-state index in [2.05, 4.69) is 18.8 Å². The van der Waals surface area contributed by atoms with Gasteiger partial charge in [-0.1, -0.05) is 13.0 Å². The molecule has 0 aromatic heterocycles. The van der Waals surface area contributed by atoms with Crippen molar-refractivity contribution in [2.24, 2.45) is 11.3 Å². The van der Waals surface area contributed by atoms with Gasteiger partial charge in [-0.15, -0.1) is 6.58 Å². The van der Waals surface area contributed by atoms with Crippen molar-refractivity contribution in [2.45, 2.75) is 19.8 Å². The summed E-state index contributed by atoms with van der Waals surface area (Å²) in [6.45, 7) is 8.67. The van der Waals surface area contributed by atoms with Crippen LogP contribution < -0.4 is 5.32 Å². The molecule has 1 atom stereocenters. The Kier molecular flexibility index (Phi) is 3.94. The summed E-state index contributed by atoms with van der Waals surface area (Å²) in [5.41, 5.74) is 0.0869. The molecule has 0 saturated heterocycles. The van der Waals surface area contributed by atoms with E-state index in [9.17, 15) is 0 Å². The molecule has 0 aromatic carbocycles. The Labute approximate surface area is 81.4 Å². The van der Waals surface area contributed by atoms with E-state index >= 15 is 0 Å². The van der Waals surface area contributed by atoms with Gasteiger partial charge in [0.1, 0.15) is 0 Å². The zero-order valence-corrected chi connectivity index (χ0v) is 8.81. The second-order valence-corrected chi connectivity index (χ2v) is 4.35. The molecule has 0 aromatic rings. The fourth-order valence-corrected chi connectivity index (χ4v) is 1.33. The van der Waals surface area contributed by atoms with Gasteiger partial charge in [0.2, 0.25) is 0 Å². The van der Waals surface area contributed by atoms with Crippen LogP contribution in [0.2, 0.25) is 0 Å². The predicted octanol–water partition coefficient (Wildman–Crippen LogP) is 1.82. The van der Waals surface area contributed by atoms with Crippen LogP contribution in [0.1, 0.15) is 19.8 Å². The van der Waals surface area contributed by atoms with Gasteiger partial charge in [-0.25, -0.2) is 0 Å². The highest BCUT2D eigenvalue weighted by Gasteiger charge is 2.24. The molecule has 1 aliphatic carbocycles. The van der Waals surface area contributed by atoms with E-state index in [1.807, 2.05) is 13.1 Å². The van der Waals surface area contributed by atoms with E-state index in [-0.39, 0.29) is 5.41 Å². The molecule has 1 rings (SSSR count). The fraction of sp³-hybridized carbons (Fsp3) is 0.818. The number of rotatable bonds is 7. The molecule has 2 heteroatoms. The van der Waals surface area contributed by atoms with E-state index in [0.717, 1.165) is 25.7 Å². The van der Waals surface area contributed by atoms with Crippen LogP contribution in [0.25, 0.3) is 0 Å². The number of nitrogens with one attached hydrogen (secondary N) is 1. The van der Waals surface area contributed by atoms with Crippen LogP contribution in [0, 0.1) is 11.3 Å². The fourth-order valence-electron chi connectivity index (χ4n) is 1.33. The average Bonchev–Trinajstić information content (AvgIpc) is 2.89. The Balaban J connectivity index is 2.16. The molecule has 1 unspecified atom stereocenters. The minimum atomic E-state index is 0.0869. The van der Waals surface area contributed by atoms with Crippen molar-refractivity contribution in [3.8, 4) is 0 Å². The maximum atomic E-state index is 5.65. The third-order valence-corrected chi connectivity index (χ3v) is 2.56. The predicted molar refractivity (Wildman–Crippen MR) is 55.8 cm³/mol. The van der Waals surface area contributed by atoms with Gasteiger partial charge in [0.25, 0.3) is 0 Å². The standard InChI is InChI=1S/C11H21NO/c1-4-11(2,8-12-3)9-13-7-10-5-6-10/h4,10,12H,1,5-9H2,2-3H3. The molecule has 0 aliphatic heterocycles. The molecule has 13 heavy (non-hydrogen) atoms. The molecule has 2 nitrogen and oxygen atoms in total. The molecule has 1 saturated carbocycles. The summed E-state index contributed by atoms with van der Waals surface area (Å²) in [4.78, 5) is 0. The molecule has 0 heterocycles. The van der Waals surface area contributed by atoms with E-state index < -0.39 is 0 Å². The summed E-state index contributed by atoms with van der Waals surface area (Å²) < 4.78 is 5.65. The smallest absolute Gasteiger partial charge is 0.0566 e. The zero-order chi connectivity index (χ0) is 9.73. The summed E-state index contributed by atoms with van der Waals surface area (Å²) in [5, 5.41) is 3.16. The zero-order valence-electron chi connectivity index (χ0n) is 8.81. The SMILES string of the molecule is C=CC(C)(CNC)COCC1CC1. The highest BCUT2D eigenvalue weighted by molar-refractivity contribution is 4.93. The van der Waals surface area contributed by atoms with Crippen LogP contribution in [0.15, 0.2) is 12.7 Å². The lowest BCUT2D eigenvalue weighted by molar-refractivity contribution is 0.0695. The minimum absolute atomic E-state index is 0.0869. The summed E-state index contributed by atoms with van der Waals surface area (Å²) in [6.07, 6.45) is 4.70. The van der Waals surface area contributed by atoms with Gasteiger partial charge in [-0.05, 0) is 25.8 Å². The van der Waals surface area contributed by atoms with E-state index in [1.165, 1.54) is 12.8 Å². The summed E-state index contributed by atoms with van der Waals surface area (Å²) >= 11 is 0. The number of ether oxygens (including phenoxy) is 1. The van der Waals surface area contributed by atoms with Crippen molar-refractivity contribution in [3.05, 3.63) is 12.7 Å². The van der Waals surface area contributed by atoms with Gasteiger partial charge < -0.3 is 10.1 Å². The highest BCUT2D eigenvalue weighted by atomic mass is 16.5. The van der Waals surface area contributed by atoms with Gasteiger partial charge >= 0.3 is 0 Å². The first-order valence-corrected chi connectivity index (χ1v) is 5.06. The van der Waals surface area contributed by atoms with Crippen molar-refractivity contribution < 1.29 is 4.74 Å². The maximum absolute atomic E-state index is 5.65. The van der Waals surface area contributed by atoms with Crippen molar-refractivity contribution in [3.63, 3.8) is 0 Å². The van der Waals surface area contributed by atoms with Crippen molar-refractivity contribution in [1.29, 1.82) is 0 Å². The third kappa shape index (κ3) is 3.92. The average molecular weight is 183 g/mol. The molecule has 0 bridgehead atoms. The summed E-state index contributed by atoms with van der Waals surface area (Å²) in [5.74, 6) is 0.851. The van der Waals surface area contributed by atoms with Gasteiger partial charge in [-0.3, -0.25) is 0 Å². The molecular formula is C11H21NO. The molecule has 76 valence electrons. The second kappa shape index (κ2) is 4.77. The quantitative estimate of drug-likeness (QED) is 0.608. The highest BCUT2D eigenvalue weighted by Crippen LogP contribution is 2.29. The van der Waals surface area contributed by atoms with Crippen molar-refractivity contribution >= 4 is 0 Å². The lowest BCUT2D eigenvalue weighted by Crippen LogP contribution is -2.32. The lowest BCUT2D eigenvalue weighted by Gasteiger charge is -2.25. The van der Waals surface area contributed by atoms with E-state index in [1.54, 1.807) is 0 Å². The van der Waals surface area contributed by atoms with Crippen LogP contribution in [0.4, 0.5) is 0 Å². The van der Waals surface area contributed by atoms with Crippen LogP contribution in [-0.4, -0.2) is 26.8 Å². The van der Waals surface area contributed by atoms with Gasteiger partial charge in [-0.2, -0.15) is 0 Å². The topological polar surface area (TPSA) is 21.3 Å². The van der Waals surface area contributed by atoms with Crippen LogP contribution >= 0.6 is 0 Å². The Hall–Kier alpha value is -0.340. The monoisotopic (exact) mass is 183 g/mol. The number of hydrogen-bond donors (Lipinski definition) is 1. The normalized spacial score (nSPS) is 21.1.